The minimum absolute atomic E-state index is 0.0220. The maximum absolute atomic E-state index is 12.1. The molecule has 0 aliphatic heterocycles. The number of amides is 2. The number of nitroso groups, excluding NO2 is 1. The van der Waals surface area contributed by atoms with Crippen molar-refractivity contribution in [2.75, 3.05) is 0 Å². The Hall–Kier alpha value is -2.93. The zero-order chi connectivity index (χ0) is 17.7. The summed E-state index contributed by atoms with van der Waals surface area (Å²) in [5.74, 6) is -1.34. The molecular formula is C16H14ClN3O4. The predicted octanol–water partition coefficient (Wildman–Crippen LogP) is 2.76. The van der Waals surface area contributed by atoms with Crippen molar-refractivity contribution < 1.29 is 14.7 Å². The van der Waals surface area contributed by atoms with Crippen LogP contribution in [-0.4, -0.2) is 16.9 Å². The predicted molar refractivity (Wildman–Crippen MR) is 89.1 cm³/mol. The zero-order valence-corrected chi connectivity index (χ0v) is 13.4. The van der Waals surface area contributed by atoms with E-state index in [9.17, 15) is 19.6 Å². The van der Waals surface area contributed by atoms with Crippen molar-refractivity contribution in [3.05, 3.63) is 63.0 Å². The zero-order valence-electron chi connectivity index (χ0n) is 12.7. The molecule has 0 atom stereocenters. The Kier molecular flexibility index (Phi) is 5.49. The number of hydrogen-bond acceptors (Lipinski definition) is 5. The monoisotopic (exact) mass is 347 g/mol. The van der Waals surface area contributed by atoms with Gasteiger partial charge in [0.25, 0.3) is 5.91 Å². The molecule has 0 bridgehead atoms. The first-order valence-electron chi connectivity index (χ1n) is 6.91. The van der Waals surface area contributed by atoms with Gasteiger partial charge in [-0.1, -0.05) is 23.7 Å². The summed E-state index contributed by atoms with van der Waals surface area (Å²) in [6.45, 7) is 1.54. The summed E-state index contributed by atoms with van der Waals surface area (Å²) < 4.78 is 0. The van der Waals surface area contributed by atoms with E-state index in [1.165, 1.54) is 13.0 Å². The van der Waals surface area contributed by atoms with Gasteiger partial charge < -0.3 is 5.11 Å². The Morgan fingerprint density at radius 3 is 2.62 bits per heavy atom. The van der Waals surface area contributed by atoms with E-state index in [4.69, 9.17) is 11.6 Å². The van der Waals surface area contributed by atoms with Gasteiger partial charge in [0.1, 0.15) is 11.4 Å². The second-order valence-electron chi connectivity index (χ2n) is 5.06. The van der Waals surface area contributed by atoms with Gasteiger partial charge in [-0.25, -0.2) is 0 Å². The molecule has 2 aromatic rings. The molecule has 0 aliphatic rings. The van der Waals surface area contributed by atoms with E-state index >= 15 is 0 Å². The van der Waals surface area contributed by atoms with E-state index in [1.807, 2.05) is 0 Å². The second kappa shape index (κ2) is 7.56. The van der Waals surface area contributed by atoms with Crippen LogP contribution in [0.1, 0.15) is 21.5 Å². The summed E-state index contributed by atoms with van der Waals surface area (Å²) in [5, 5.41) is 12.6. The Bertz CT molecular complexity index is 808. The molecule has 0 saturated carbocycles. The third-order valence-electron chi connectivity index (χ3n) is 3.19. The van der Waals surface area contributed by atoms with Gasteiger partial charge in [-0.3, -0.25) is 20.4 Å². The standard InChI is InChI=1S/C16H14ClN3O4/c1-9-5-12(21)8-13(20-24)15(9)16(23)19-18-14(22)7-10-3-2-4-11(17)6-10/h2-6,8,21H,7H2,1H3,(H,18,22)(H,19,23). The van der Waals surface area contributed by atoms with Crippen LogP contribution in [0.3, 0.4) is 0 Å². The van der Waals surface area contributed by atoms with Crippen LogP contribution in [0, 0.1) is 11.8 Å². The first-order chi connectivity index (χ1) is 11.4. The van der Waals surface area contributed by atoms with Crippen molar-refractivity contribution in [2.45, 2.75) is 13.3 Å². The lowest BCUT2D eigenvalue weighted by molar-refractivity contribution is -0.121. The second-order valence-corrected chi connectivity index (χ2v) is 5.49. The minimum Gasteiger partial charge on any atom is -0.508 e. The van der Waals surface area contributed by atoms with Crippen molar-refractivity contribution in [3.63, 3.8) is 0 Å². The summed E-state index contributed by atoms with van der Waals surface area (Å²) in [7, 11) is 0. The summed E-state index contributed by atoms with van der Waals surface area (Å²) in [6, 6.07) is 9.16. The van der Waals surface area contributed by atoms with Gasteiger partial charge in [0, 0.05) is 11.1 Å². The van der Waals surface area contributed by atoms with Gasteiger partial charge in [0.15, 0.2) is 0 Å². The molecule has 124 valence electrons. The molecule has 0 saturated heterocycles. The van der Waals surface area contributed by atoms with E-state index in [-0.39, 0.29) is 23.4 Å². The highest BCUT2D eigenvalue weighted by atomic mass is 35.5. The van der Waals surface area contributed by atoms with E-state index in [0.29, 0.717) is 16.1 Å². The van der Waals surface area contributed by atoms with Gasteiger partial charge in [-0.05, 0) is 41.4 Å². The Morgan fingerprint density at radius 1 is 1.21 bits per heavy atom. The first kappa shape index (κ1) is 17.4. The lowest BCUT2D eigenvalue weighted by Gasteiger charge is -2.11. The number of aromatic hydroxyl groups is 1. The minimum atomic E-state index is -0.707. The van der Waals surface area contributed by atoms with Crippen LogP contribution < -0.4 is 10.9 Å². The van der Waals surface area contributed by atoms with Crippen LogP contribution in [0.5, 0.6) is 5.75 Å². The first-order valence-corrected chi connectivity index (χ1v) is 7.29. The molecule has 7 nitrogen and oxygen atoms in total. The molecule has 0 heterocycles. The van der Waals surface area contributed by atoms with E-state index in [0.717, 1.165) is 6.07 Å². The van der Waals surface area contributed by atoms with Crippen LogP contribution >= 0.6 is 11.6 Å². The molecule has 0 unspecified atom stereocenters. The number of benzene rings is 2. The van der Waals surface area contributed by atoms with Gasteiger partial charge in [-0.15, -0.1) is 4.91 Å². The molecule has 2 amide bonds. The summed E-state index contributed by atoms with van der Waals surface area (Å²) in [5.41, 5.74) is 5.27. The number of nitrogens with zero attached hydrogens (tertiary/aromatic N) is 1. The van der Waals surface area contributed by atoms with Gasteiger partial charge >= 0.3 is 0 Å². The van der Waals surface area contributed by atoms with Crippen LogP contribution in [-0.2, 0) is 11.2 Å². The molecule has 0 spiro atoms. The fraction of sp³-hybridized carbons (Fsp3) is 0.125. The number of carbonyl (C=O) groups excluding carboxylic acids is 2. The number of hydrazine groups is 1. The van der Waals surface area contributed by atoms with E-state index < -0.39 is 11.8 Å². The molecule has 0 aliphatic carbocycles. The molecular weight excluding hydrogens is 334 g/mol. The molecule has 0 fully saturated rings. The highest BCUT2D eigenvalue weighted by Gasteiger charge is 2.17. The third kappa shape index (κ3) is 4.30. The number of nitrogens with one attached hydrogen (secondary N) is 2. The smallest absolute Gasteiger partial charge is 0.272 e. The Labute approximate surface area is 142 Å². The fourth-order valence-electron chi connectivity index (χ4n) is 2.18. The molecule has 2 aromatic carbocycles. The SMILES string of the molecule is Cc1cc(O)cc(N=O)c1C(=O)NNC(=O)Cc1cccc(Cl)c1. The highest BCUT2D eigenvalue weighted by Crippen LogP contribution is 2.27. The molecule has 2 rings (SSSR count). The Morgan fingerprint density at radius 2 is 1.96 bits per heavy atom. The van der Waals surface area contributed by atoms with Crippen LogP contribution in [0.4, 0.5) is 5.69 Å². The van der Waals surface area contributed by atoms with Crippen molar-refractivity contribution >= 4 is 29.1 Å². The van der Waals surface area contributed by atoms with E-state index in [1.54, 1.807) is 24.3 Å². The van der Waals surface area contributed by atoms with Crippen molar-refractivity contribution in [3.8, 4) is 5.75 Å². The maximum atomic E-state index is 12.1. The van der Waals surface area contributed by atoms with Crippen molar-refractivity contribution in [2.24, 2.45) is 5.18 Å². The van der Waals surface area contributed by atoms with Crippen LogP contribution in [0.15, 0.2) is 41.6 Å². The fourth-order valence-corrected chi connectivity index (χ4v) is 2.40. The largest absolute Gasteiger partial charge is 0.508 e. The third-order valence-corrected chi connectivity index (χ3v) is 3.43. The van der Waals surface area contributed by atoms with E-state index in [2.05, 4.69) is 16.0 Å². The normalized spacial score (nSPS) is 10.1. The topological polar surface area (TPSA) is 108 Å². The van der Waals surface area contributed by atoms with Gasteiger partial charge in [0.05, 0.1) is 12.0 Å². The van der Waals surface area contributed by atoms with Crippen molar-refractivity contribution in [1.29, 1.82) is 0 Å². The van der Waals surface area contributed by atoms with Crippen molar-refractivity contribution in [1.82, 2.24) is 10.9 Å². The van der Waals surface area contributed by atoms with Gasteiger partial charge in [-0.2, -0.15) is 0 Å². The summed E-state index contributed by atoms with van der Waals surface area (Å²) in [6.07, 6.45) is 0.0220. The highest BCUT2D eigenvalue weighted by molar-refractivity contribution is 6.30. The lowest BCUT2D eigenvalue weighted by atomic mass is 10.1. The summed E-state index contributed by atoms with van der Waals surface area (Å²) in [4.78, 5) is 34.8. The number of halogens is 1. The van der Waals surface area contributed by atoms with Crippen LogP contribution in [0.25, 0.3) is 0 Å². The number of aryl methyl sites for hydroxylation is 1. The maximum Gasteiger partial charge on any atom is 0.272 e. The molecule has 0 aromatic heterocycles. The average Bonchev–Trinajstić information content (AvgIpc) is 2.51. The molecule has 3 N–H and O–H groups in total. The molecule has 0 radical (unpaired) electrons. The number of phenols is 1. The average molecular weight is 348 g/mol. The van der Waals surface area contributed by atoms with Gasteiger partial charge in [0.2, 0.25) is 5.91 Å². The number of phenolic OH excluding ortho intramolecular Hbond substituents is 1. The lowest BCUT2D eigenvalue weighted by Crippen LogP contribution is -2.42. The van der Waals surface area contributed by atoms with Crippen LogP contribution in [0.2, 0.25) is 5.02 Å². The number of hydrogen-bond donors (Lipinski definition) is 3. The number of rotatable bonds is 4. The summed E-state index contributed by atoms with van der Waals surface area (Å²) >= 11 is 5.84. The quantitative estimate of drug-likeness (QED) is 0.583. The number of carbonyl (C=O) groups is 2. The molecule has 24 heavy (non-hydrogen) atoms. The Balaban J connectivity index is 2.03. The molecule has 8 heteroatoms.